The van der Waals surface area contributed by atoms with Crippen molar-refractivity contribution in [3.05, 3.63) is 59.4 Å². The van der Waals surface area contributed by atoms with Gasteiger partial charge in [-0.3, -0.25) is 0 Å². The van der Waals surface area contributed by atoms with E-state index in [1.807, 2.05) is 12.1 Å². The third-order valence-electron chi connectivity index (χ3n) is 8.97. The van der Waals surface area contributed by atoms with E-state index in [-0.39, 0.29) is 0 Å². The Balaban J connectivity index is 1.41. The van der Waals surface area contributed by atoms with Crippen LogP contribution in [0, 0.1) is 34.7 Å². The van der Waals surface area contributed by atoms with Crippen molar-refractivity contribution in [2.75, 3.05) is 0 Å². The lowest BCUT2D eigenvalue weighted by atomic mass is 9.58. The van der Waals surface area contributed by atoms with Crippen LogP contribution < -0.4 is 0 Å². The van der Waals surface area contributed by atoms with E-state index >= 15 is 0 Å². The fraction of sp³-hybridized carbons (Fsp3) is 0.613. The molecule has 0 aliphatic heterocycles. The minimum atomic E-state index is -1.41. The maximum atomic E-state index is 13.7. The number of aryl methyl sites for hydroxylation is 1. The van der Waals surface area contributed by atoms with Crippen LogP contribution in [-0.4, -0.2) is 0 Å². The van der Waals surface area contributed by atoms with Gasteiger partial charge in [-0.15, -0.1) is 0 Å². The van der Waals surface area contributed by atoms with Gasteiger partial charge in [0, 0.05) is 0 Å². The van der Waals surface area contributed by atoms with Gasteiger partial charge in [0.2, 0.25) is 0 Å². The van der Waals surface area contributed by atoms with E-state index in [9.17, 15) is 13.2 Å². The number of hydrogen-bond donors (Lipinski definition) is 0. The molecule has 0 nitrogen and oxygen atoms in total. The van der Waals surface area contributed by atoms with E-state index < -0.39 is 17.5 Å². The molecule has 2 fully saturated rings. The lowest BCUT2D eigenvalue weighted by molar-refractivity contribution is 0.0379. The standard InChI is InChI=1S/C31H41F3/c1-2-3-5-8-23-15-18-31(19-16-23,27-9-6-4-7-10-27)20-17-24-11-13-25(14-12-24)26-21-28(32)30(34)29(33)22-26/h11-14,21-23,27H,2-10,15-20H2,1H3/t23-,31-. The number of halogens is 3. The predicted molar refractivity (Wildman–Crippen MR) is 135 cm³/mol. The minimum Gasteiger partial charge on any atom is -0.204 e. The molecule has 0 atom stereocenters. The second kappa shape index (κ2) is 11.8. The van der Waals surface area contributed by atoms with Crippen LogP contribution in [0.2, 0.25) is 0 Å². The van der Waals surface area contributed by atoms with Gasteiger partial charge >= 0.3 is 0 Å². The maximum absolute atomic E-state index is 13.7. The molecule has 2 aliphatic rings. The molecule has 3 heteroatoms. The van der Waals surface area contributed by atoms with E-state index in [0.29, 0.717) is 11.0 Å². The molecule has 0 spiro atoms. The summed E-state index contributed by atoms with van der Waals surface area (Å²) >= 11 is 0. The highest BCUT2D eigenvalue weighted by Gasteiger charge is 2.41. The summed E-state index contributed by atoms with van der Waals surface area (Å²) in [6.45, 7) is 2.29. The van der Waals surface area contributed by atoms with E-state index in [1.165, 1.54) is 95.5 Å². The van der Waals surface area contributed by atoms with Crippen molar-refractivity contribution in [3.63, 3.8) is 0 Å². The van der Waals surface area contributed by atoms with Crippen molar-refractivity contribution in [2.45, 2.75) is 103 Å². The third kappa shape index (κ3) is 6.07. The molecule has 2 aliphatic carbocycles. The Hall–Kier alpha value is -1.77. The molecule has 0 amide bonds. The summed E-state index contributed by atoms with van der Waals surface area (Å²) in [5, 5.41) is 0. The molecule has 0 aromatic heterocycles. The van der Waals surface area contributed by atoms with Gasteiger partial charge in [0.15, 0.2) is 17.5 Å². The Morgan fingerprint density at radius 1 is 0.794 bits per heavy atom. The first-order chi connectivity index (χ1) is 16.5. The molecule has 2 aromatic rings. The summed E-state index contributed by atoms with van der Waals surface area (Å²) in [6.07, 6.45) is 20.4. The van der Waals surface area contributed by atoms with Gasteiger partial charge in [-0.25, -0.2) is 13.2 Å². The molecule has 0 bridgehead atoms. The fourth-order valence-corrected chi connectivity index (χ4v) is 6.78. The van der Waals surface area contributed by atoms with Crippen molar-refractivity contribution in [1.29, 1.82) is 0 Å². The number of unbranched alkanes of at least 4 members (excludes halogenated alkanes) is 2. The number of benzene rings is 2. The first-order valence-corrected chi connectivity index (χ1v) is 13.7. The van der Waals surface area contributed by atoms with Crippen LogP contribution in [0.15, 0.2) is 36.4 Å². The highest BCUT2D eigenvalue weighted by atomic mass is 19.2. The molecule has 2 saturated carbocycles. The normalized spacial score (nSPS) is 23.8. The van der Waals surface area contributed by atoms with E-state index in [1.54, 1.807) is 0 Å². The Kier molecular flexibility index (Phi) is 8.77. The predicted octanol–water partition coefficient (Wildman–Crippen LogP) is 10.0. The van der Waals surface area contributed by atoms with Crippen molar-refractivity contribution < 1.29 is 13.2 Å². The Bertz CT molecular complexity index is 880. The molecule has 4 rings (SSSR count). The summed E-state index contributed by atoms with van der Waals surface area (Å²) < 4.78 is 40.6. The smallest absolute Gasteiger partial charge is 0.194 e. The molecule has 0 N–H and O–H groups in total. The zero-order valence-corrected chi connectivity index (χ0v) is 20.9. The molecule has 0 saturated heterocycles. The average molecular weight is 471 g/mol. The minimum absolute atomic E-state index is 0.378. The largest absolute Gasteiger partial charge is 0.204 e. The Labute approximate surface area is 204 Å². The lowest BCUT2D eigenvalue weighted by Gasteiger charge is -2.48. The van der Waals surface area contributed by atoms with E-state index in [0.717, 1.165) is 36.0 Å². The highest BCUT2D eigenvalue weighted by molar-refractivity contribution is 5.63. The highest BCUT2D eigenvalue weighted by Crippen LogP contribution is 2.52. The average Bonchev–Trinajstić information content (AvgIpc) is 2.87. The van der Waals surface area contributed by atoms with Crippen LogP contribution in [0.5, 0.6) is 0 Å². The van der Waals surface area contributed by atoms with Gasteiger partial charge in [0.25, 0.3) is 0 Å². The van der Waals surface area contributed by atoms with Gasteiger partial charge in [0.1, 0.15) is 0 Å². The lowest BCUT2D eigenvalue weighted by Crippen LogP contribution is -2.36. The van der Waals surface area contributed by atoms with Gasteiger partial charge in [0.05, 0.1) is 0 Å². The third-order valence-corrected chi connectivity index (χ3v) is 8.97. The molecule has 186 valence electrons. The zero-order chi connectivity index (χ0) is 24.0. The first-order valence-electron chi connectivity index (χ1n) is 13.7. The first kappa shape index (κ1) is 25.3. The monoisotopic (exact) mass is 470 g/mol. The van der Waals surface area contributed by atoms with Gasteiger partial charge in [-0.2, -0.15) is 0 Å². The van der Waals surface area contributed by atoms with Gasteiger partial charge in [-0.1, -0.05) is 76.1 Å². The SMILES string of the molecule is CCCCC[C@H]1CC[C@](CCc2ccc(-c3cc(F)c(F)c(F)c3)cc2)(C2CCCCC2)CC1. The van der Waals surface area contributed by atoms with Crippen molar-refractivity contribution in [1.82, 2.24) is 0 Å². The summed E-state index contributed by atoms with van der Waals surface area (Å²) in [5.74, 6) is -1.88. The van der Waals surface area contributed by atoms with Crippen LogP contribution >= 0.6 is 0 Å². The zero-order valence-electron chi connectivity index (χ0n) is 20.9. The maximum Gasteiger partial charge on any atom is 0.194 e. The Morgan fingerprint density at radius 2 is 1.44 bits per heavy atom. The summed E-state index contributed by atoms with van der Waals surface area (Å²) in [4.78, 5) is 0. The quantitative estimate of drug-likeness (QED) is 0.253. The fourth-order valence-electron chi connectivity index (χ4n) is 6.78. The second-order valence-corrected chi connectivity index (χ2v) is 11.1. The van der Waals surface area contributed by atoms with Crippen LogP contribution in [0.25, 0.3) is 11.1 Å². The van der Waals surface area contributed by atoms with Crippen LogP contribution in [-0.2, 0) is 6.42 Å². The van der Waals surface area contributed by atoms with Crippen molar-refractivity contribution >= 4 is 0 Å². The molecule has 34 heavy (non-hydrogen) atoms. The molecule has 0 radical (unpaired) electrons. The Morgan fingerprint density at radius 3 is 2.06 bits per heavy atom. The summed E-state index contributed by atoms with van der Waals surface area (Å²) in [5.41, 5.74) is 2.87. The molecular weight excluding hydrogens is 429 g/mol. The molecule has 2 aromatic carbocycles. The van der Waals surface area contributed by atoms with E-state index in [4.69, 9.17) is 0 Å². The number of hydrogen-bond acceptors (Lipinski definition) is 0. The van der Waals surface area contributed by atoms with Gasteiger partial charge in [-0.05, 0) is 97.4 Å². The second-order valence-electron chi connectivity index (χ2n) is 11.1. The van der Waals surface area contributed by atoms with Crippen LogP contribution in [0.4, 0.5) is 13.2 Å². The molecular formula is C31H41F3. The topological polar surface area (TPSA) is 0 Å². The van der Waals surface area contributed by atoms with E-state index in [2.05, 4.69) is 19.1 Å². The molecule has 0 unspecified atom stereocenters. The molecule has 0 heterocycles. The number of rotatable bonds is 9. The summed E-state index contributed by atoms with van der Waals surface area (Å²) in [7, 11) is 0. The van der Waals surface area contributed by atoms with Crippen LogP contribution in [0.1, 0.15) is 102 Å². The van der Waals surface area contributed by atoms with Crippen LogP contribution in [0.3, 0.4) is 0 Å². The van der Waals surface area contributed by atoms with Crippen molar-refractivity contribution in [3.8, 4) is 11.1 Å². The van der Waals surface area contributed by atoms with Gasteiger partial charge < -0.3 is 0 Å². The van der Waals surface area contributed by atoms with Crippen molar-refractivity contribution in [2.24, 2.45) is 17.3 Å². The summed E-state index contributed by atoms with van der Waals surface area (Å²) in [6, 6.07) is 10.1.